The van der Waals surface area contributed by atoms with Crippen molar-refractivity contribution in [3.63, 3.8) is 0 Å². The highest BCUT2D eigenvalue weighted by Crippen LogP contribution is 2.24. The number of ether oxygens (including phenoxy) is 1. The molecule has 0 amide bonds. The molecule has 1 unspecified atom stereocenters. The lowest BCUT2D eigenvalue weighted by Gasteiger charge is -2.19. The maximum Gasteiger partial charge on any atom is 0.121 e. The molecule has 1 atom stereocenters. The van der Waals surface area contributed by atoms with Gasteiger partial charge in [-0.2, -0.15) is 0 Å². The van der Waals surface area contributed by atoms with Crippen LogP contribution in [0.2, 0.25) is 0 Å². The molecule has 1 heterocycles. The van der Waals surface area contributed by atoms with Crippen LogP contribution in [0.1, 0.15) is 20.3 Å². The minimum atomic E-state index is 0.635. The van der Waals surface area contributed by atoms with Crippen LogP contribution in [-0.2, 0) is 0 Å². The molecule has 1 fully saturated rings. The molecular weight excluding hydrogens is 212 g/mol. The zero-order valence-electron chi connectivity index (χ0n) is 10.8. The summed E-state index contributed by atoms with van der Waals surface area (Å²) in [5, 5.41) is 3.51. The summed E-state index contributed by atoms with van der Waals surface area (Å²) in [5.74, 6) is 0.969. The van der Waals surface area contributed by atoms with Crippen molar-refractivity contribution in [2.75, 3.05) is 31.1 Å². The first kappa shape index (κ1) is 12.2. The minimum absolute atomic E-state index is 0.635. The highest BCUT2D eigenvalue weighted by molar-refractivity contribution is 5.51. The van der Waals surface area contributed by atoms with Crippen LogP contribution >= 0.6 is 0 Å². The Morgan fingerprint density at radius 1 is 1.41 bits per heavy atom. The number of hydrogen-bond donors (Lipinski definition) is 1. The van der Waals surface area contributed by atoms with Crippen molar-refractivity contribution in [2.45, 2.75) is 26.3 Å². The molecule has 1 saturated heterocycles. The summed E-state index contributed by atoms with van der Waals surface area (Å²) in [4.78, 5) is 2.43. The van der Waals surface area contributed by atoms with Gasteiger partial charge in [-0.3, -0.25) is 0 Å². The van der Waals surface area contributed by atoms with Gasteiger partial charge in [-0.05, 0) is 32.0 Å². The molecule has 0 saturated carbocycles. The van der Waals surface area contributed by atoms with Gasteiger partial charge in [0.1, 0.15) is 5.75 Å². The number of likely N-dealkylation sites (N-methyl/N-ethyl adjacent to an activating group) is 1. The molecule has 2 rings (SSSR count). The van der Waals surface area contributed by atoms with Crippen molar-refractivity contribution in [1.29, 1.82) is 0 Å². The number of anilines is 1. The second-order valence-corrected chi connectivity index (χ2v) is 4.42. The fraction of sp³-hybridized carbons (Fsp3) is 0.571. The third kappa shape index (κ3) is 3.13. The Morgan fingerprint density at radius 3 is 3.06 bits per heavy atom. The molecule has 0 aromatic heterocycles. The molecule has 0 aliphatic carbocycles. The quantitative estimate of drug-likeness (QED) is 0.846. The van der Waals surface area contributed by atoms with E-state index in [9.17, 15) is 0 Å². The third-order valence-electron chi connectivity index (χ3n) is 3.17. The van der Waals surface area contributed by atoms with E-state index >= 15 is 0 Å². The summed E-state index contributed by atoms with van der Waals surface area (Å²) in [6.45, 7) is 8.19. The van der Waals surface area contributed by atoms with E-state index in [0.29, 0.717) is 6.04 Å². The first-order valence-corrected chi connectivity index (χ1v) is 6.54. The Kier molecular flexibility index (Phi) is 4.26. The largest absolute Gasteiger partial charge is 0.494 e. The smallest absolute Gasteiger partial charge is 0.121 e. The van der Waals surface area contributed by atoms with Gasteiger partial charge in [0.2, 0.25) is 0 Å². The lowest BCUT2D eigenvalue weighted by molar-refractivity contribution is 0.340. The van der Waals surface area contributed by atoms with Crippen molar-refractivity contribution < 1.29 is 4.74 Å². The predicted octanol–water partition coefficient (Wildman–Crippen LogP) is 2.27. The van der Waals surface area contributed by atoms with Crippen molar-refractivity contribution >= 4 is 5.69 Å². The van der Waals surface area contributed by atoms with Crippen LogP contribution in [-0.4, -0.2) is 32.3 Å². The number of nitrogens with one attached hydrogen (secondary N) is 1. The van der Waals surface area contributed by atoms with Crippen LogP contribution in [0.3, 0.4) is 0 Å². The topological polar surface area (TPSA) is 24.5 Å². The Balaban J connectivity index is 2.00. The highest BCUT2D eigenvalue weighted by Gasteiger charge is 2.21. The number of nitrogens with zero attached hydrogens (tertiary/aromatic N) is 1. The SMILES string of the molecule is CCNC1CCN(c2cccc(OCC)c2)C1. The Hall–Kier alpha value is -1.22. The standard InChI is InChI=1S/C14H22N2O/c1-3-15-12-8-9-16(11-12)13-6-5-7-14(10-13)17-4-2/h5-7,10,12,15H,3-4,8-9,11H2,1-2H3. The summed E-state index contributed by atoms with van der Waals surface area (Å²) in [6, 6.07) is 9.02. The van der Waals surface area contributed by atoms with Gasteiger partial charge in [0.05, 0.1) is 6.61 Å². The molecule has 3 heteroatoms. The van der Waals surface area contributed by atoms with Crippen molar-refractivity contribution in [3.8, 4) is 5.75 Å². The van der Waals surface area contributed by atoms with Crippen LogP contribution < -0.4 is 15.0 Å². The van der Waals surface area contributed by atoms with Crippen molar-refractivity contribution in [2.24, 2.45) is 0 Å². The summed E-state index contributed by atoms with van der Waals surface area (Å²) in [6.07, 6.45) is 1.23. The molecule has 1 aliphatic heterocycles. The molecule has 0 bridgehead atoms. The van der Waals surface area contributed by atoms with E-state index in [1.54, 1.807) is 0 Å². The molecule has 1 aliphatic rings. The Labute approximate surface area is 104 Å². The zero-order valence-corrected chi connectivity index (χ0v) is 10.8. The number of rotatable bonds is 5. The van der Waals surface area contributed by atoms with Crippen LogP contribution in [0.15, 0.2) is 24.3 Å². The maximum absolute atomic E-state index is 5.54. The first-order chi connectivity index (χ1) is 8.33. The molecule has 1 N–H and O–H groups in total. The highest BCUT2D eigenvalue weighted by atomic mass is 16.5. The Bertz CT molecular complexity index is 354. The van der Waals surface area contributed by atoms with E-state index in [1.165, 1.54) is 12.1 Å². The van der Waals surface area contributed by atoms with Crippen molar-refractivity contribution in [1.82, 2.24) is 5.32 Å². The number of hydrogen-bond acceptors (Lipinski definition) is 3. The molecule has 17 heavy (non-hydrogen) atoms. The number of benzene rings is 1. The second kappa shape index (κ2) is 5.92. The van der Waals surface area contributed by atoms with E-state index in [2.05, 4.69) is 35.3 Å². The van der Waals surface area contributed by atoms with E-state index in [1.807, 2.05) is 13.0 Å². The van der Waals surface area contributed by atoms with Gasteiger partial charge >= 0.3 is 0 Å². The molecule has 94 valence electrons. The first-order valence-electron chi connectivity index (χ1n) is 6.54. The lowest BCUT2D eigenvalue weighted by Crippen LogP contribution is -2.32. The minimum Gasteiger partial charge on any atom is -0.494 e. The van der Waals surface area contributed by atoms with E-state index in [4.69, 9.17) is 4.74 Å². The molecule has 3 nitrogen and oxygen atoms in total. The zero-order chi connectivity index (χ0) is 12.1. The predicted molar refractivity (Wildman–Crippen MR) is 71.9 cm³/mol. The van der Waals surface area contributed by atoms with Crippen molar-refractivity contribution in [3.05, 3.63) is 24.3 Å². The van der Waals surface area contributed by atoms with Gasteiger partial charge in [-0.15, -0.1) is 0 Å². The lowest BCUT2D eigenvalue weighted by atomic mass is 10.2. The molecular formula is C14H22N2O. The van der Waals surface area contributed by atoms with Crippen LogP contribution in [0.4, 0.5) is 5.69 Å². The average Bonchev–Trinajstić information content (AvgIpc) is 2.79. The van der Waals surface area contributed by atoms with Gasteiger partial charge in [0.25, 0.3) is 0 Å². The molecule has 0 spiro atoms. The van der Waals surface area contributed by atoms with E-state index in [0.717, 1.165) is 32.0 Å². The fourth-order valence-electron chi connectivity index (χ4n) is 2.39. The maximum atomic E-state index is 5.54. The van der Waals surface area contributed by atoms with Crippen LogP contribution in [0.5, 0.6) is 5.75 Å². The van der Waals surface area contributed by atoms with Gasteiger partial charge < -0.3 is 15.0 Å². The van der Waals surface area contributed by atoms with Gasteiger partial charge in [-0.1, -0.05) is 13.0 Å². The normalized spacial score (nSPS) is 19.6. The van der Waals surface area contributed by atoms with Gasteiger partial charge in [0.15, 0.2) is 0 Å². The van der Waals surface area contributed by atoms with Crippen LogP contribution in [0, 0.1) is 0 Å². The van der Waals surface area contributed by atoms with Crippen LogP contribution in [0.25, 0.3) is 0 Å². The fourth-order valence-corrected chi connectivity index (χ4v) is 2.39. The third-order valence-corrected chi connectivity index (χ3v) is 3.17. The average molecular weight is 234 g/mol. The van der Waals surface area contributed by atoms with E-state index < -0.39 is 0 Å². The summed E-state index contributed by atoms with van der Waals surface area (Å²) >= 11 is 0. The summed E-state index contributed by atoms with van der Waals surface area (Å²) in [5.41, 5.74) is 1.27. The van der Waals surface area contributed by atoms with Gasteiger partial charge in [0, 0.05) is 30.9 Å². The molecule has 1 aromatic rings. The Morgan fingerprint density at radius 2 is 2.29 bits per heavy atom. The molecule has 1 aromatic carbocycles. The summed E-state index contributed by atoms with van der Waals surface area (Å²) < 4.78 is 5.54. The van der Waals surface area contributed by atoms with E-state index in [-0.39, 0.29) is 0 Å². The second-order valence-electron chi connectivity index (χ2n) is 4.42. The summed E-state index contributed by atoms with van der Waals surface area (Å²) in [7, 11) is 0. The monoisotopic (exact) mass is 234 g/mol. The molecule has 0 radical (unpaired) electrons. The van der Waals surface area contributed by atoms with Gasteiger partial charge in [-0.25, -0.2) is 0 Å².